The molecule has 2 aromatic carbocycles. The van der Waals surface area contributed by atoms with E-state index in [-0.39, 0.29) is 44.6 Å². The summed E-state index contributed by atoms with van der Waals surface area (Å²) in [5.74, 6) is -1.59. The Balaban J connectivity index is 1.10. The van der Waals surface area contributed by atoms with Crippen LogP contribution in [0.1, 0.15) is 36.3 Å². The molecule has 1 atom stereocenters. The number of carboxylic acid groups (broad SMARTS) is 1. The third kappa shape index (κ3) is 5.92. The van der Waals surface area contributed by atoms with E-state index in [1.54, 1.807) is 0 Å². The zero-order valence-corrected chi connectivity index (χ0v) is 18.7. The first-order valence-corrected chi connectivity index (χ1v) is 11.4. The van der Waals surface area contributed by atoms with Crippen molar-refractivity contribution in [2.24, 2.45) is 5.92 Å². The van der Waals surface area contributed by atoms with Crippen LogP contribution in [-0.4, -0.2) is 55.5 Å². The smallest absolute Gasteiger partial charge is 0.407 e. The number of hydrogen-bond acceptors (Lipinski definition) is 6. The summed E-state index contributed by atoms with van der Waals surface area (Å²) >= 11 is 0. The van der Waals surface area contributed by atoms with Gasteiger partial charge < -0.3 is 19.9 Å². The molecule has 3 N–H and O–H groups in total. The van der Waals surface area contributed by atoms with E-state index in [9.17, 15) is 14.4 Å². The molecule has 4 rings (SSSR count). The molecule has 2 aliphatic carbocycles. The Morgan fingerprint density at radius 1 is 0.971 bits per heavy atom. The number of alkyl carbamates (subject to hydrolysis) is 1. The zero-order chi connectivity index (χ0) is 23.9. The molecule has 2 amide bonds. The lowest BCUT2D eigenvalue weighted by atomic mass is 9.98. The van der Waals surface area contributed by atoms with Gasteiger partial charge in [-0.05, 0) is 41.0 Å². The first-order valence-electron chi connectivity index (χ1n) is 11.4. The number of rotatable bonds is 12. The van der Waals surface area contributed by atoms with E-state index in [1.807, 2.05) is 24.3 Å². The van der Waals surface area contributed by atoms with Crippen molar-refractivity contribution < 1.29 is 33.8 Å². The molecule has 180 valence electrons. The van der Waals surface area contributed by atoms with Gasteiger partial charge in [0, 0.05) is 12.5 Å². The lowest BCUT2D eigenvalue weighted by molar-refractivity contribution is -0.162. The highest BCUT2D eigenvalue weighted by molar-refractivity contribution is 5.79. The Hall–Kier alpha value is -3.43. The minimum atomic E-state index is -1.08. The minimum Gasteiger partial charge on any atom is -0.479 e. The predicted octanol–water partition coefficient (Wildman–Crippen LogP) is 2.84. The molecule has 34 heavy (non-hydrogen) atoms. The van der Waals surface area contributed by atoms with E-state index in [4.69, 9.17) is 19.4 Å². The van der Waals surface area contributed by atoms with Crippen LogP contribution in [0.25, 0.3) is 11.1 Å². The molecule has 1 unspecified atom stereocenters. The average molecular weight is 469 g/mol. The van der Waals surface area contributed by atoms with Crippen LogP contribution in [0.2, 0.25) is 0 Å². The van der Waals surface area contributed by atoms with Gasteiger partial charge >= 0.3 is 12.1 Å². The lowest BCUT2D eigenvalue weighted by Gasteiger charge is -2.14. The number of amides is 2. The van der Waals surface area contributed by atoms with Crippen LogP contribution in [0.5, 0.6) is 0 Å². The van der Waals surface area contributed by atoms with Crippen LogP contribution in [0.15, 0.2) is 48.5 Å². The molecule has 1 fully saturated rings. The molecule has 9 heteroatoms. The van der Waals surface area contributed by atoms with Gasteiger partial charge in [0.15, 0.2) is 6.10 Å². The summed E-state index contributed by atoms with van der Waals surface area (Å²) < 4.78 is 10.8. The fourth-order valence-electron chi connectivity index (χ4n) is 4.07. The molecule has 0 heterocycles. The summed E-state index contributed by atoms with van der Waals surface area (Å²) in [6.45, 7) is 0.789. The van der Waals surface area contributed by atoms with Crippen molar-refractivity contribution in [3.63, 3.8) is 0 Å². The summed E-state index contributed by atoms with van der Waals surface area (Å²) in [5, 5.41) is 11.7. The first kappa shape index (κ1) is 23.7. The SMILES string of the molecule is O=C(CCOCCNC(=O)OCC1c2ccccc2-c2ccccc21)NOC(C(=O)O)C1CC1. The van der Waals surface area contributed by atoms with Crippen molar-refractivity contribution in [3.05, 3.63) is 59.7 Å². The minimum absolute atomic E-state index is 0.00392. The first-order chi connectivity index (χ1) is 16.5. The number of carbonyl (C=O) groups excluding carboxylic acids is 2. The maximum absolute atomic E-state index is 12.1. The highest BCUT2D eigenvalue weighted by Crippen LogP contribution is 2.44. The molecule has 0 bridgehead atoms. The van der Waals surface area contributed by atoms with E-state index in [2.05, 4.69) is 35.1 Å². The predicted molar refractivity (Wildman–Crippen MR) is 122 cm³/mol. The monoisotopic (exact) mass is 468 g/mol. The number of hydrogen-bond donors (Lipinski definition) is 3. The maximum Gasteiger partial charge on any atom is 0.407 e. The molecule has 0 spiro atoms. The second-order valence-corrected chi connectivity index (χ2v) is 8.35. The molecule has 1 saturated carbocycles. The van der Waals surface area contributed by atoms with Crippen LogP contribution in [0.3, 0.4) is 0 Å². The number of carbonyl (C=O) groups is 3. The van der Waals surface area contributed by atoms with Crippen molar-refractivity contribution >= 4 is 18.0 Å². The van der Waals surface area contributed by atoms with Gasteiger partial charge in [-0.15, -0.1) is 0 Å². The third-order valence-electron chi connectivity index (χ3n) is 5.93. The van der Waals surface area contributed by atoms with Crippen LogP contribution >= 0.6 is 0 Å². The summed E-state index contributed by atoms with van der Waals surface area (Å²) in [6.07, 6.45) is 0.0453. The molecule has 0 aliphatic heterocycles. The van der Waals surface area contributed by atoms with Gasteiger partial charge in [-0.1, -0.05) is 48.5 Å². The summed E-state index contributed by atoms with van der Waals surface area (Å²) in [7, 11) is 0. The number of carboxylic acids is 1. The molecular weight excluding hydrogens is 440 g/mol. The summed E-state index contributed by atoms with van der Waals surface area (Å²) in [6, 6.07) is 16.3. The lowest BCUT2D eigenvalue weighted by Crippen LogP contribution is -2.36. The largest absolute Gasteiger partial charge is 0.479 e. The number of nitrogens with one attached hydrogen (secondary N) is 2. The number of fused-ring (bicyclic) bond motifs is 3. The number of aliphatic carboxylic acids is 1. The van der Waals surface area contributed by atoms with E-state index in [1.165, 1.54) is 11.1 Å². The summed E-state index contributed by atoms with van der Waals surface area (Å²) in [4.78, 5) is 39.9. The Bertz CT molecular complexity index is 992. The maximum atomic E-state index is 12.1. The molecule has 2 aromatic rings. The van der Waals surface area contributed by atoms with Crippen molar-refractivity contribution in [2.45, 2.75) is 31.3 Å². The normalized spacial score (nSPS) is 15.2. The third-order valence-corrected chi connectivity index (χ3v) is 5.93. The van der Waals surface area contributed by atoms with Crippen LogP contribution < -0.4 is 10.8 Å². The Morgan fingerprint density at radius 3 is 2.24 bits per heavy atom. The Labute approximate surface area is 197 Å². The van der Waals surface area contributed by atoms with Crippen molar-refractivity contribution in [1.29, 1.82) is 0 Å². The van der Waals surface area contributed by atoms with Gasteiger partial charge in [0.05, 0.1) is 19.6 Å². The van der Waals surface area contributed by atoms with Crippen molar-refractivity contribution in [2.75, 3.05) is 26.4 Å². The molecule has 2 aliphatic rings. The molecule has 0 aromatic heterocycles. The van der Waals surface area contributed by atoms with Crippen molar-refractivity contribution in [1.82, 2.24) is 10.8 Å². The highest BCUT2D eigenvalue weighted by atomic mass is 16.7. The fraction of sp³-hybridized carbons (Fsp3) is 0.400. The topological polar surface area (TPSA) is 123 Å². The number of hydroxylamine groups is 1. The van der Waals surface area contributed by atoms with Crippen LogP contribution in [0.4, 0.5) is 4.79 Å². The van der Waals surface area contributed by atoms with E-state index < -0.39 is 24.1 Å². The van der Waals surface area contributed by atoms with Gasteiger partial charge in [0.25, 0.3) is 0 Å². The zero-order valence-electron chi connectivity index (χ0n) is 18.7. The molecule has 0 saturated heterocycles. The molecule has 0 radical (unpaired) electrons. The molecular formula is C25H28N2O7. The van der Waals surface area contributed by atoms with Gasteiger partial charge in [-0.2, -0.15) is 0 Å². The average Bonchev–Trinajstić information content (AvgIpc) is 3.62. The standard InChI is InChI=1S/C25H28N2O7/c28-22(27-34-23(24(29)30)16-9-10-16)11-13-32-14-12-26-25(31)33-15-21-19-7-3-1-5-17(19)18-6-2-4-8-20(18)21/h1-8,16,21,23H,9-15H2,(H,26,31)(H,27,28)(H,29,30). The Morgan fingerprint density at radius 2 is 1.62 bits per heavy atom. The van der Waals surface area contributed by atoms with E-state index >= 15 is 0 Å². The second-order valence-electron chi connectivity index (χ2n) is 8.35. The van der Waals surface area contributed by atoms with Gasteiger partial charge in [-0.25, -0.2) is 15.1 Å². The van der Waals surface area contributed by atoms with Gasteiger partial charge in [0.2, 0.25) is 5.91 Å². The van der Waals surface area contributed by atoms with E-state index in [0.717, 1.165) is 24.0 Å². The second kappa shape index (κ2) is 11.1. The number of benzene rings is 2. The van der Waals surface area contributed by atoms with Crippen LogP contribution in [-0.2, 0) is 23.9 Å². The van der Waals surface area contributed by atoms with Crippen molar-refractivity contribution in [3.8, 4) is 11.1 Å². The Kier molecular flexibility index (Phi) is 7.76. The number of ether oxygens (including phenoxy) is 2. The van der Waals surface area contributed by atoms with Crippen LogP contribution in [0, 0.1) is 5.92 Å². The quantitative estimate of drug-likeness (QED) is 0.323. The highest BCUT2D eigenvalue weighted by Gasteiger charge is 2.38. The fourth-order valence-corrected chi connectivity index (χ4v) is 4.07. The van der Waals surface area contributed by atoms with Gasteiger partial charge in [0.1, 0.15) is 6.61 Å². The molecule has 9 nitrogen and oxygen atoms in total. The van der Waals surface area contributed by atoms with Gasteiger partial charge in [-0.3, -0.25) is 9.63 Å². The summed E-state index contributed by atoms with van der Waals surface area (Å²) in [5.41, 5.74) is 6.79. The van der Waals surface area contributed by atoms with E-state index in [0.29, 0.717) is 0 Å².